The molecule has 0 aliphatic heterocycles. The number of ether oxygens (including phenoxy) is 1. The summed E-state index contributed by atoms with van der Waals surface area (Å²) in [6, 6.07) is 12.7. The Bertz CT molecular complexity index is 650. The van der Waals surface area contributed by atoms with Crippen molar-refractivity contribution < 1.29 is 4.74 Å². The van der Waals surface area contributed by atoms with E-state index in [1.54, 1.807) is 0 Å². The third-order valence-corrected chi connectivity index (χ3v) is 5.44. The first-order valence-corrected chi connectivity index (χ1v) is 8.84. The molecule has 23 heavy (non-hydrogen) atoms. The van der Waals surface area contributed by atoms with Crippen molar-refractivity contribution >= 4 is 12.6 Å². The van der Waals surface area contributed by atoms with E-state index in [-0.39, 0.29) is 10.2 Å². The summed E-state index contributed by atoms with van der Waals surface area (Å²) in [5, 5.41) is 0. The van der Waals surface area contributed by atoms with Crippen LogP contribution < -0.4 is 4.74 Å². The number of nitrogens with zero attached hydrogens (tertiary/aromatic N) is 1. The highest BCUT2D eigenvalue weighted by Crippen LogP contribution is 2.43. The van der Waals surface area contributed by atoms with Crippen LogP contribution in [-0.4, -0.2) is 15.9 Å². The zero-order chi connectivity index (χ0) is 17.3. The van der Waals surface area contributed by atoms with Gasteiger partial charge in [0.1, 0.15) is 5.75 Å². The van der Waals surface area contributed by atoms with Gasteiger partial charge in [-0.25, -0.2) is 0 Å². The van der Waals surface area contributed by atoms with E-state index in [4.69, 9.17) is 17.4 Å². The number of hydrogen-bond acceptors (Lipinski definition) is 2. The molecule has 0 fully saturated rings. The predicted octanol–water partition coefficient (Wildman–Crippen LogP) is 5.42. The molecule has 126 valence electrons. The second-order valence-electron chi connectivity index (χ2n) is 6.98. The molecule has 0 aliphatic carbocycles. The zero-order valence-corrected chi connectivity index (χ0v) is 16.1. The Morgan fingerprint density at radius 2 is 1.65 bits per heavy atom. The van der Waals surface area contributed by atoms with Crippen LogP contribution in [-0.2, 0) is 11.8 Å². The minimum absolute atomic E-state index is 0.120. The van der Waals surface area contributed by atoms with Crippen molar-refractivity contribution in [2.45, 2.75) is 58.1 Å². The van der Waals surface area contributed by atoms with Crippen molar-refractivity contribution in [2.75, 3.05) is 6.61 Å². The molecule has 3 heteroatoms. The average Bonchev–Trinajstić information content (AvgIpc) is 2.86. The van der Waals surface area contributed by atoms with E-state index in [0.29, 0.717) is 6.61 Å². The van der Waals surface area contributed by atoms with Crippen molar-refractivity contribution in [1.82, 2.24) is 4.57 Å². The number of rotatable bonds is 6. The van der Waals surface area contributed by atoms with E-state index >= 15 is 0 Å². The van der Waals surface area contributed by atoms with E-state index in [1.165, 1.54) is 17.1 Å². The second kappa shape index (κ2) is 6.64. The molecule has 0 aliphatic rings. The molecule has 0 N–H and O–H groups in total. The molecule has 0 amide bonds. The Morgan fingerprint density at radius 3 is 2.13 bits per heavy atom. The summed E-state index contributed by atoms with van der Waals surface area (Å²) in [6.07, 6.45) is 0.924. The van der Waals surface area contributed by atoms with E-state index in [2.05, 4.69) is 75.6 Å². The average molecular weight is 332 g/mol. The minimum atomic E-state index is -0.160. The molecule has 0 bridgehead atoms. The minimum Gasteiger partial charge on any atom is -0.492 e. The van der Waals surface area contributed by atoms with Gasteiger partial charge in [0.15, 0.2) is 0 Å². The van der Waals surface area contributed by atoms with Crippen LogP contribution in [0.4, 0.5) is 0 Å². The van der Waals surface area contributed by atoms with Crippen molar-refractivity contribution in [1.29, 1.82) is 0 Å². The molecule has 2 rings (SSSR count). The Hall–Kier alpha value is -1.35. The van der Waals surface area contributed by atoms with Crippen LogP contribution in [0.25, 0.3) is 5.69 Å². The molecule has 1 aromatic carbocycles. The molecule has 0 saturated carbocycles. The summed E-state index contributed by atoms with van der Waals surface area (Å²) >= 11 is 4.88. The van der Waals surface area contributed by atoms with Crippen molar-refractivity contribution in [2.24, 2.45) is 0 Å². The van der Waals surface area contributed by atoms with Gasteiger partial charge in [-0.2, -0.15) is 12.6 Å². The van der Waals surface area contributed by atoms with Gasteiger partial charge in [-0.15, -0.1) is 0 Å². The number of benzene rings is 1. The molecule has 0 radical (unpaired) electrons. The van der Waals surface area contributed by atoms with Crippen molar-refractivity contribution in [3.63, 3.8) is 0 Å². The SMILES string of the molecule is CCOc1cc(C(C)(C)C(C)(C)S)n(-c2ccccc2)c1CC. The van der Waals surface area contributed by atoms with E-state index in [0.717, 1.165) is 12.2 Å². The summed E-state index contributed by atoms with van der Waals surface area (Å²) in [4.78, 5) is 0. The van der Waals surface area contributed by atoms with Gasteiger partial charge in [0, 0.05) is 27.6 Å². The normalized spacial score (nSPS) is 12.5. The Balaban J connectivity index is 2.76. The summed E-state index contributed by atoms with van der Waals surface area (Å²) in [7, 11) is 0. The van der Waals surface area contributed by atoms with Gasteiger partial charge in [0.05, 0.1) is 12.3 Å². The summed E-state index contributed by atoms with van der Waals surface area (Å²) in [6.45, 7) is 13.7. The van der Waals surface area contributed by atoms with Crippen LogP contribution in [0.2, 0.25) is 0 Å². The van der Waals surface area contributed by atoms with Gasteiger partial charge in [-0.05, 0) is 25.5 Å². The maximum absolute atomic E-state index is 5.93. The lowest BCUT2D eigenvalue weighted by molar-refractivity contribution is 0.336. The van der Waals surface area contributed by atoms with E-state index < -0.39 is 0 Å². The number of thiol groups is 1. The summed E-state index contributed by atoms with van der Waals surface area (Å²) < 4.78 is 8.12. The third kappa shape index (κ3) is 3.30. The van der Waals surface area contributed by atoms with Crippen LogP contribution >= 0.6 is 12.6 Å². The highest BCUT2D eigenvalue weighted by atomic mass is 32.1. The zero-order valence-electron chi connectivity index (χ0n) is 15.2. The highest BCUT2D eigenvalue weighted by Gasteiger charge is 2.39. The van der Waals surface area contributed by atoms with Gasteiger partial charge in [-0.3, -0.25) is 0 Å². The first-order chi connectivity index (χ1) is 10.7. The molecule has 0 spiro atoms. The Kier molecular flexibility index (Phi) is 5.20. The van der Waals surface area contributed by atoms with Crippen molar-refractivity contribution in [3.05, 3.63) is 47.8 Å². The standard InChI is InChI=1S/C20H29NOS/c1-7-16-17(22-8-2)14-18(19(3,4)20(5,6)23)21(16)15-12-10-9-11-13-15/h9-14,23H,7-8H2,1-6H3. The van der Waals surface area contributed by atoms with Crippen LogP contribution in [0.5, 0.6) is 5.75 Å². The lowest BCUT2D eigenvalue weighted by atomic mass is 9.77. The fourth-order valence-electron chi connectivity index (χ4n) is 2.79. The topological polar surface area (TPSA) is 14.2 Å². The molecule has 2 aromatic rings. The first kappa shape index (κ1) is 18.0. The second-order valence-corrected chi connectivity index (χ2v) is 8.10. The van der Waals surface area contributed by atoms with Crippen LogP contribution in [0.3, 0.4) is 0 Å². The predicted molar refractivity (Wildman–Crippen MR) is 102 cm³/mol. The monoisotopic (exact) mass is 331 g/mol. The van der Waals surface area contributed by atoms with Crippen LogP contribution in [0.1, 0.15) is 52.9 Å². The molecule has 0 atom stereocenters. The molecule has 0 unspecified atom stereocenters. The van der Waals surface area contributed by atoms with E-state index in [1.807, 2.05) is 6.92 Å². The number of para-hydroxylation sites is 1. The molecular formula is C20H29NOS. The fourth-order valence-corrected chi connectivity index (χ4v) is 2.90. The van der Waals surface area contributed by atoms with Gasteiger partial charge in [-0.1, -0.05) is 52.8 Å². The smallest absolute Gasteiger partial charge is 0.140 e. The van der Waals surface area contributed by atoms with Gasteiger partial charge in [0.2, 0.25) is 0 Å². The number of hydrogen-bond donors (Lipinski definition) is 1. The maximum atomic E-state index is 5.93. The maximum Gasteiger partial charge on any atom is 0.140 e. The van der Waals surface area contributed by atoms with E-state index in [9.17, 15) is 0 Å². The van der Waals surface area contributed by atoms with Gasteiger partial charge in [0.25, 0.3) is 0 Å². The Labute approximate surface area is 146 Å². The Morgan fingerprint density at radius 1 is 1.04 bits per heavy atom. The summed E-state index contributed by atoms with van der Waals surface area (Å²) in [5.41, 5.74) is 3.52. The molecule has 0 saturated heterocycles. The van der Waals surface area contributed by atoms with Crippen molar-refractivity contribution in [3.8, 4) is 11.4 Å². The molecule has 1 aromatic heterocycles. The highest BCUT2D eigenvalue weighted by molar-refractivity contribution is 7.81. The lowest BCUT2D eigenvalue weighted by Crippen LogP contribution is -2.39. The number of aromatic nitrogens is 1. The molecule has 1 heterocycles. The molecular weight excluding hydrogens is 302 g/mol. The van der Waals surface area contributed by atoms with Crippen LogP contribution in [0, 0.1) is 0 Å². The first-order valence-electron chi connectivity index (χ1n) is 8.39. The fraction of sp³-hybridized carbons (Fsp3) is 0.500. The van der Waals surface area contributed by atoms with Gasteiger partial charge >= 0.3 is 0 Å². The third-order valence-electron chi connectivity index (χ3n) is 4.88. The largest absolute Gasteiger partial charge is 0.492 e. The quantitative estimate of drug-likeness (QED) is 0.698. The van der Waals surface area contributed by atoms with Crippen LogP contribution in [0.15, 0.2) is 36.4 Å². The summed E-state index contributed by atoms with van der Waals surface area (Å²) in [5.74, 6) is 0.986. The lowest BCUT2D eigenvalue weighted by Gasteiger charge is -2.39. The molecule has 2 nitrogen and oxygen atoms in total. The van der Waals surface area contributed by atoms with Gasteiger partial charge < -0.3 is 9.30 Å².